The number of hydrogen-bond donors (Lipinski definition) is 1. The maximum Gasteiger partial charge on any atom is 0.470 e. The predicted molar refractivity (Wildman–Crippen MR) is 81.5 cm³/mol. The van der Waals surface area contributed by atoms with Gasteiger partial charge in [-0.25, -0.2) is 9.18 Å². The minimum absolute atomic E-state index is 0.117. The summed E-state index contributed by atoms with van der Waals surface area (Å²) in [6.07, 6.45) is -3.52. The second kappa shape index (κ2) is 7.30. The van der Waals surface area contributed by atoms with Crippen molar-refractivity contribution in [3.63, 3.8) is 0 Å². The number of piperidine rings is 1. The first-order valence-electron chi connectivity index (χ1n) is 8.01. The molecule has 1 N–H and O–H groups in total. The molecule has 140 valence electrons. The zero-order valence-corrected chi connectivity index (χ0v) is 13.6. The molecule has 1 aromatic heterocycles. The molecule has 10 heteroatoms. The Morgan fingerprint density at radius 2 is 2.00 bits per heavy atom. The van der Waals surface area contributed by atoms with Crippen LogP contribution >= 0.6 is 0 Å². The largest absolute Gasteiger partial charge is 0.470 e. The fourth-order valence-electron chi connectivity index (χ4n) is 2.77. The molecular formula is C16H16F4N4O2. The molecule has 1 aromatic carbocycles. The van der Waals surface area contributed by atoms with Crippen LogP contribution in [-0.4, -0.2) is 34.2 Å². The van der Waals surface area contributed by atoms with Gasteiger partial charge in [0.2, 0.25) is 5.89 Å². The minimum Gasteiger partial charge on any atom is -0.417 e. The van der Waals surface area contributed by atoms with Gasteiger partial charge in [0.1, 0.15) is 5.82 Å². The van der Waals surface area contributed by atoms with Crippen molar-refractivity contribution in [2.75, 3.05) is 13.1 Å². The number of halogens is 4. The molecule has 1 fully saturated rings. The second-order valence-corrected chi connectivity index (χ2v) is 6.01. The Morgan fingerprint density at radius 1 is 1.27 bits per heavy atom. The summed E-state index contributed by atoms with van der Waals surface area (Å²) in [7, 11) is 0. The van der Waals surface area contributed by atoms with Gasteiger partial charge in [-0.3, -0.25) is 0 Å². The maximum atomic E-state index is 12.9. The van der Waals surface area contributed by atoms with Crippen LogP contribution in [0, 0.1) is 5.82 Å². The first-order chi connectivity index (χ1) is 12.3. The van der Waals surface area contributed by atoms with Crippen LogP contribution in [0.15, 0.2) is 28.7 Å². The third-order valence-corrected chi connectivity index (χ3v) is 4.10. The summed E-state index contributed by atoms with van der Waals surface area (Å²) in [5.41, 5.74) is 0.736. The molecule has 1 atom stereocenters. The molecule has 3 rings (SSSR count). The average Bonchev–Trinajstić information content (AvgIpc) is 3.12. The summed E-state index contributed by atoms with van der Waals surface area (Å²) in [6, 6.07) is 5.37. The van der Waals surface area contributed by atoms with Crippen molar-refractivity contribution in [3.8, 4) is 0 Å². The Morgan fingerprint density at radius 3 is 2.65 bits per heavy atom. The van der Waals surface area contributed by atoms with Crippen molar-refractivity contribution < 1.29 is 26.8 Å². The van der Waals surface area contributed by atoms with Gasteiger partial charge in [-0.2, -0.15) is 13.2 Å². The zero-order chi connectivity index (χ0) is 18.7. The standard InChI is InChI=1S/C16H16F4N4O2/c17-12-5-3-10(4-6-12)8-21-15(25)24-7-1-2-11(9-24)13-22-23-14(26-13)16(18,19)20/h3-6,11H,1-2,7-9H2,(H,21,25)/t11-/m0/s1. The molecule has 2 heterocycles. The third-order valence-electron chi connectivity index (χ3n) is 4.10. The lowest BCUT2D eigenvalue weighted by molar-refractivity contribution is -0.157. The molecule has 1 saturated heterocycles. The number of carbonyl (C=O) groups excluding carboxylic acids is 1. The molecule has 1 aliphatic rings. The van der Waals surface area contributed by atoms with Crippen LogP contribution < -0.4 is 5.32 Å². The molecule has 26 heavy (non-hydrogen) atoms. The number of amides is 2. The van der Waals surface area contributed by atoms with E-state index >= 15 is 0 Å². The summed E-state index contributed by atoms with van der Waals surface area (Å²) in [5, 5.41) is 9.20. The number of rotatable bonds is 3. The van der Waals surface area contributed by atoms with E-state index in [4.69, 9.17) is 4.42 Å². The van der Waals surface area contributed by atoms with Gasteiger partial charge >= 0.3 is 18.1 Å². The first kappa shape index (κ1) is 18.2. The quantitative estimate of drug-likeness (QED) is 0.839. The number of nitrogens with one attached hydrogen (secondary N) is 1. The van der Waals surface area contributed by atoms with Crippen LogP contribution in [0.1, 0.15) is 36.1 Å². The highest BCUT2D eigenvalue weighted by molar-refractivity contribution is 5.74. The summed E-state index contributed by atoms with van der Waals surface area (Å²) in [6.45, 7) is 0.889. The molecule has 0 aliphatic carbocycles. The Kier molecular flexibility index (Phi) is 5.10. The number of likely N-dealkylation sites (tertiary alicyclic amines) is 1. The normalized spacial score (nSPS) is 18.0. The Bertz CT molecular complexity index is 760. The number of nitrogens with zero attached hydrogens (tertiary/aromatic N) is 3. The van der Waals surface area contributed by atoms with E-state index in [9.17, 15) is 22.4 Å². The monoisotopic (exact) mass is 372 g/mol. The molecule has 0 bridgehead atoms. The van der Waals surface area contributed by atoms with Gasteiger partial charge in [-0.1, -0.05) is 12.1 Å². The number of hydrogen-bond acceptors (Lipinski definition) is 4. The smallest absolute Gasteiger partial charge is 0.417 e. The van der Waals surface area contributed by atoms with Crippen LogP contribution in [0.4, 0.5) is 22.4 Å². The summed E-state index contributed by atoms with van der Waals surface area (Å²) in [5.74, 6) is -2.31. The highest BCUT2D eigenvalue weighted by Crippen LogP contribution is 2.31. The minimum atomic E-state index is -4.69. The fourth-order valence-corrected chi connectivity index (χ4v) is 2.77. The fraction of sp³-hybridized carbons (Fsp3) is 0.438. The lowest BCUT2D eigenvalue weighted by Gasteiger charge is -2.31. The molecule has 0 radical (unpaired) electrons. The number of aromatic nitrogens is 2. The van der Waals surface area contributed by atoms with Gasteiger partial charge in [0.05, 0.1) is 5.92 Å². The molecule has 1 aliphatic heterocycles. The molecule has 0 spiro atoms. The van der Waals surface area contributed by atoms with Crippen molar-refractivity contribution >= 4 is 6.03 Å². The van der Waals surface area contributed by atoms with Gasteiger partial charge in [-0.05, 0) is 30.5 Å². The second-order valence-electron chi connectivity index (χ2n) is 6.01. The molecular weight excluding hydrogens is 356 g/mol. The van der Waals surface area contributed by atoms with Gasteiger partial charge in [-0.15, -0.1) is 10.2 Å². The van der Waals surface area contributed by atoms with Crippen LogP contribution in [0.25, 0.3) is 0 Å². The number of alkyl halides is 3. The van der Waals surface area contributed by atoms with Crippen molar-refractivity contribution in [1.82, 2.24) is 20.4 Å². The number of urea groups is 1. The third kappa shape index (κ3) is 4.30. The Labute approximate surface area is 146 Å². The number of carbonyl (C=O) groups is 1. The van der Waals surface area contributed by atoms with Crippen LogP contribution in [0.5, 0.6) is 0 Å². The van der Waals surface area contributed by atoms with Crippen molar-refractivity contribution in [1.29, 1.82) is 0 Å². The van der Waals surface area contributed by atoms with E-state index in [0.717, 1.165) is 5.56 Å². The van der Waals surface area contributed by atoms with E-state index in [1.54, 1.807) is 12.1 Å². The van der Waals surface area contributed by atoms with Gasteiger partial charge in [0.15, 0.2) is 0 Å². The number of benzene rings is 1. The molecule has 6 nitrogen and oxygen atoms in total. The molecule has 0 unspecified atom stereocenters. The predicted octanol–water partition coefficient (Wildman–Crippen LogP) is 3.32. The average molecular weight is 372 g/mol. The van der Waals surface area contributed by atoms with Crippen LogP contribution in [0.3, 0.4) is 0 Å². The van der Waals surface area contributed by atoms with E-state index in [1.807, 2.05) is 0 Å². The highest BCUT2D eigenvalue weighted by Gasteiger charge is 2.39. The lowest BCUT2D eigenvalue weighted by Crippen LogP contribution is -2.44. The van der Waals surface area contributed by atoms with Gasteiger partial charge in [0, 0.05) is 19.6 Å². The van der Waals surface area contributed by atoms with Gasteiger partial charge in [0.25, 0.3) is 0 Å². The molecule has 0 saturated carbocycles. The van der Waals surface area contributed by atoms with Crippen LogP contribution in [-0.2, 0) is 12.7 Å². The van der Waals surface area contributed by atoms with Gasteiger partial charge < -0.3 is 14.6 Å². The Hall–Kier alpha value is -2.65. The Balaban J connectivity index is 1.58. The molecule has 2 aromatic rings. The highest BCUT2D eigenvalue weighted by atomic mass is 19.4. The lowest BCUT2D eigenvalue weighted by atomic mass is 9.98. The zero-order valence-electron chi connectivity index (χ0n) is 13.6. The van der Waals surface area contributed by atoms with E-state index < -0.39 is 18.0 Å². The van der Waals surface area contributed by atoms with E-state index in [-0.39, 0.29) is 30.8 Å². The summed E-state index contributed by atoms with van der Waals surface area (Å²) >= 11 is 0. The maximum absolute atomic E-state index is 12.9. The molecule has 2 amide bonds. The topological polar surface area (TPSA) is 71.3 Å². The van der Waals surface area contributed by atoms with E-state index in [2.05, 4.69) is 15.5 Å². The van der Waals surface area contributed by atoms with E-state index in [0.29, 0.717) is 19.4 Å². The first-order valence-corrected chi connectivity index (χ1v) is 8.01. The summed E-state index contributed by atoms with van der Waals surface area (Å²) in [4.78, 5) is 13.8. The van der Waals surface area contributed by atoms with Crippen LogP contribution in [0.2, 0.25) is 0 Å². The van der Waals surface area contributed by atoms with E-state index in [1.165, 1.54) is 17.0 Å². The van der Waals surface area contributed by atoms with Crippen molar-refractivity contribution in [2.24, 2.45) is 0 Å². The SMILES string of the molecule is O=C(NCc1ccc(F)cc1)N1CCC[C@H](c2nnc(C(F)(F)F)o2)C1. The van der Waals surface area contributed by atoms with Crippen molar-refractivity contribution in [3.05, 3.63) is 47.4 Å². The van der Waals surface area contributed by atoms with Crippen molar-refractivity contribution in [2.45, 2.75) is 31.5 Å². The summed E-state index contributed by atoms with van der Waals surface area (Å²) < 4.78 is 55.3.